The summed E-state index contributed by atoms with van der Waals surface area (Å²) in [6.07, 6.45) is 4.25. The van der Waals surface area contributed by atoms with Gasteiger partial charge in [0, 0.05) is 32.3 Å². The quantitative estimate of drug-likeness (QED) is 0.614. The number of nitrogens with one attached hydrogen (secondary N) is 1. The first-order valence-electron chi connectivity index (χ1n) is 5.61. The molecule has 0 amide bonds. The van der Waals surface area contributed by atoms with Crippen molar-refractivity contribution >= 4 is 47.8 Å². The summed E-state index contributed by atoms with van der Waals surface area (Å²) in [6.45, 7) is 4.42. The van der Waals surface area contributed by atoms with Gasteiger partial charge in [-0.1, -0.05) is 61.6 Å². The van der Waals surface area contributed by atoms with Crippen LogP contribution < -0.4 is 0 Å². The summed E-state index contributed by atoms with van der Waals surface area (Å²) < 4.78 is 0. The summed E-state index contributed by atoms with van der Waals surface area (Å²) in [7, 11) is 0. The molecule has 0 radical (unpaired) electrons. The predicted molar refractivity (Wildman–Crippen MR) is 82.3 cm³/mol. The maximum atomic E-state index is 3.83. The fourth-order valence-corrected chi connectivity index (χ4v) is 4.59. The smallest absolute Gasteiger partial charge is 0.0354 e. The van der Waals surface area contributed by atoms with Crippen molar-refractivity contribution in [3.05, 3.63) is 24.0 Å². The second kappa shape index (κ2) is 7.22. The zero-order chi connectivity index (χ0) is 12.1. The topological polar surface area (TPSA) is 15.8 Å². The number of halogens is 3. The van der Waals surface area contributed by atoms with Crippen LogP contribution in [0.1, 0.15) is 38.3 Å². The van der Waals surface area contributed by atoms with Crippen LogP contribution >= 0.6 is 47.8 Å². The van der Waals surface area contributed by atoms with E-state index in [0.717, 1.165) is 12.8 Å². The number of hydrogen-bond donors (Lipinski definition) is 1. The van der Waals surface area contributed by atoms with E-state index in [2.05, 4.69) is 78.8 Å². The maximum absolute atomic E-state index is 3.83. The third-order valence-corrected chi connectivity index (χ3v) is 6.04. The van der Waals surface area contributed by atoms with Gasteiger partial charge in [0.05, 0.1) is 0 Å². The van der Waals surface area contributed by atoms with Crippen LogP contribution in [0.5, 0.6) is 0 Å². The molecule has 4 unspecified atom stereocenters. The monoisotopic (exact) mass is 413 g/mol. The summed E-state index contributed by atoms with van der Waals surface area (Å²) in [6, 6.07) is 4.23. The van der Waals surface area contributed by atoms with Gasteiger partial charge < -0.3 is 4.98 Å². The zero-order valence-corrected chi connectivity index (χ0v) is 14.3. The summed E-state index contributed by atoms with van der Waals surface area (Å²) >= 11 is 11.2. The third-order valence-electron chi connectivity index (χ3n) is 2.74. The lowest BCUT2D eigenvalue weighted by Gasteiger charge is -2.25. The second-order valence-corrected chi connectivity index (χ2v) is 7.91. The predicted octanol–water partition coefficient (Wildman–Crippen LogP) is 5.21. The molecule has 4 heteroatoms. The first-order chi connectivity index (χ1) is 7.56. The van der Waals surface area contributed by atoms with Gasteiger partial charge in [0.25, 0.3) is 0 Å². The van der Waals surface area contributed by atoms with E-state index in [4.69, 9.17) is 0 Å². The van der Waals surface area contributed by atoms with Crippen molar-refractivity contribution in [1.29, 1.82) is 0 Å². The zero-order valence-electron chi connectivity index (χ0n) is 9.59. The van der Waals surface area contributed by atoms with Gasteiger partial charge in [-0.15, -0.1) is 0 Å². The fraction of sp³-hybridized carbons (Fsp3) is 0.667. The molecule has 0 saturated heterocycles. The second-order valence-electron chi connectivity index (χ2n) is 4.12. The van der Waals surface area contributed by atoms with Gasteiger partial charge in [0.1, 0.15) is 0 Å². The van der Waals surface area contributed by atoms with Crippen molar-refractivity contribution in [1.82, 2.24) is 4.98 Å². The van der Waals surface area contributed by atoms with Gasteiger partial charge in [-0.05, 0) is 25.0 Å². The Morgan fingerprint density at radius 2 is 2.00 bits per heavy atom. The molecular weight excluding hydrogens is 398 g/mol. The highest BCUT2D eigenvalue weighted by Gasteiger charge is 2.26. The highest BCUT2D eigenvalue weighted by Crippen LogP contribution is 2.34. The first kappa shape index (κ1) is 14.8. The van der Waals surface area contributed by atoms with E-state index >= 15 is 0 Å². The number of aromatic amines is 1. The van der Waals surface area contributed by atoms with Gasteiger partial charge in [-0.25, -0.2) is 0 Å². The van der Waals surface area contributed by atoms with E-state index in [1.54, 1.807) is 0 Å². The molecule has 0 aliphatic carbocycles. The molecule has 92 valence electrons. The molecule has 0 aliphatic rings. The highest BCUT2D eigenvalue weighted by atomic mass is 79.9. The van der Waals surface area contributed by atoms with Crippen molar-refractivity contribution in [3.8, 4) is 0 Å². The molecule has 1 N–H and O–H groups in total. The Hall–Kier alpha value is 0.720. The molecule has 0 saturated carbocycles. The van der Waals surface area contributed by atoms with Crippen molar-refractivity contribution in [2.75, 3.05) is 0 Å². The van der Waals surface area contributed by atoms with E-state index < -0.39 is 0 Å². The minimum Gasteiger partial charge on any atom is -0.365 e. The van der Waals surface area contributed by atoms with E-state index in [9.17, 15) is 0 Å². The van der Waals surface area contributed by atoms with E-state index in [1.807, 2.05) is 6.20 Å². The van der Waals surface area contributed by atoms with Crippen LogP contribution in [-0.4, -0.2) is 19.5 Å². The first-order valence-corrected chi connectivity index (χ1v) is 8.36. The van der Waals surface area contributed by atoms with E-state index in [0.29, 0.717) is 20.4 Å². The van der Waals surface area contributed by atoms with Gasteiger partial charge in [0.15, 0.2) is 0 Å². The molecule has 1 aromatic rings. The Bertz CT molecular complexity index is 284. The standard InChI is InChI=1S/C12H18Br3N/c1-3-9(11-5-4-6-16-11)12(15)10(14)7-8(2)13/h4-6,8-10,12,16H,3,7H2,1-2H3. The van der Waals surface area contributed by atoms with Crippen molar-refractivity contribution in [2.24, 2.45) is 0 Å². The lowest BCUT2D eigenvalue weighted by atomic mass is 9.95. The van der Waals surface area contributed by atoms with Crippen LogP contribution in [0.2, 0.25) is 0 Å². The largest absolute Gasteiger partial charge is 0.365 e. The molecule has 0 aromatic carbocycles. The van der Waals surface area contributed by atoms with Crippen LogP contribution in [0.15, 0.2) is 18.3 Å². The summed E-state index contributed by atoms with van der Waals surface area (Å²) in [4.78, 5) is 4.79. The minimum atomic E-state index is 0.455. The van der Waals surface area contributed by atoms with Crippen LogP contribution in [0.3, 0.4) is 0 Å². The Morgan fingerprint density at radius 3 is 2.44 bits per heavy atom. The number of alkyl halides is 3. The molecule has 1 nitrogen and oxygen atoms in total. The average molecular weight is 416 g/mol. The van der Waals surface area contributed by atoms with Gasteiger partial charge in [-0.2, -0.15) is 0 Å². The highest BCUT2D eigenvalue weighted by molar-refractivity contribution is 9.12. The number of rotatable bonds is 6. The van der Waals surface area contributed by atoms with Crippen molar-refractivity contribution in [3.63, 3.8) is 0 Å². The normalized spacial score (nSPS) is 19.1. The fourth-order valence-electron chi connectivity index (χ4n) is 1.88. The van der Waals surface area contributed by atoms with Crippen molar-refractivity contribution < 1.29 is 0 Å². The Labute approximate surface area is 123 Å². The maximum Gasteiger partial charge on any atom is 0.0354 e. The molecule has 0 spiro atoms. The SMILES string of the molecule is CCC(c1ccc[nH]1)C(Br)C(Br)CC(C)Br. The molecule has 0 bridgehead atoms. The Balaban J connectivity index is 2.66. The number of H-pyrrole nitrogens is 1. The summed E-state index contributed by atoms with van der Waals surface area (Å²) in [5.74, 6) is 0.533. The lowest BCUT2D eigenvalue weighted by molar-refractivity contribution is 0.586. The van der Waals surface area contributed by atoms with Gasteiger partial charge >= 0.3 is 0 Å². The van der Waals surface area contributed by atoms with Crippen LogP contribution in [0.25, 0.3) is 0 Å². The molecule has 1 aromatic heterocycles. The van der Waals surface area contributed by atoms with E-state index in [-0.39, 0.29) is 0 Å². The lowest BCUT2D eigenvalue weighted by Crippen LogP contribution is -2.24. The Kier molecular flexibility index (Phi) is 6.67. The molecule has 1 heterocycles. The minimum absolute atomic E-state index is 0.455. The third kappa shape index (κ3) is 4.19. The van der Waals surface area contributed by atoms with Crippen LogP contribution in [-0.2, 0) is 0 Å². The number of aromatic nitrogens is 1. The summed E-state index contributed by atoms with van der Waals surface area (Å²) in [5.41, 5.74) is 1.32. The molecule has 0 aliphatic heterocycles. The Morgan fingerprint density at radius 1 is 1.31 bits per heavy atom. The van der Waals surface area contributed by atoms with Gasteiger partial charge in [-0.3, -0.25) is 0 Å². The molecule has 4 atom stereocenters. The molecular formula is C12H18Br3N. The molecule has 16 heavy (non-hydrogen) atoms. The average Bonchev–Trinajstić information content (AvgIpc) is 2.71. The van der Waals surface area contributed by atoms with Crippen LogP contribution in [0, 0.1) is 0 Å². The van der Waals surface area contributed by atoms with Crippen molar-refractivity contribution in [2.45, 2.75) is 47.1 Å². The van der Waals surface area contributed by atoms with Gasteiger partial charge in [0.2, 0.25) is 0 Å². The van der Waals surface area contributed by atoms with E-state index in [1.165, 1.54) is 5.69 Å². The van der Waals surface area contributed by atoms with Crippen LogP contribution in [0.4, 0.5) is 0 Å². The molecule has 0 fully saturated rings. The number of hydrogen-bond acceptors (Lipinski definition) is 0. The molecule has 1 rings (SSSR count). The summed E-state index contributed by atoms with van der Waals surface area (Å²) in [5, 5.41) is 0.